The second-order valence-corrected chi connectivity index (χ2v) is 8.34. The molecule has 0 N–H and O–H groups in total. The van der Waals surface area contributed by atoms with Crippen molar-refractivity contribution in [2.24, 2.45) is 0 Å². The van der Waals surface area contributed by atoms with Crippen LogP contribution in [0.5, 0.6) is 0 Å². The van der Waals surface area contributed by atoms with E-state index in [2.05, 4.69) is 72.4 Å². The van der Waals surface area contributed by atoms with Crippen molar-refractivity contribution in [3.63, 3.8) is 0 Å². The van der Waals surface area contributed by atoms with Gasteiger partial charge in [0.1, 0.15) is 11.6 Å². The summed E-state index contributed by atoms with van der Waals surface area (Å²) in [6.07, 6.45) is 0. The van der Waals surface area contributed by atoms with Crippen LogP contribution in [0.25, 0.3) is 16.8 Å². The van der Waals surface area contributed by atoms with E-state index in [0.29, 0.717) is 0 Å². The van der Waals surface area contributed by atoms with Gasteiger partial charge >= 0.3 is 0 Å². The summed E-state index contributed by atoms with van der Waals surface area (Å²) < 4.78 is 2.01. The van der Waals surface area contributed by atoms with Gasteiger partial charge in [-0.15, -0.1) is 0 Å². The van der Waals surface area contributed by atoms with Crippen LogP contribution in [0.2, 0.25) is 0 Å². The van der Waals surface area contributed by atoms with Gasteiger partial charge < -0.3 is 0 Å². The minimum atomic E-state index is 0.812. The Morgan fingerprint density at radius 1 is 0.464 bits per heavy atom. The molecular weight excluding hydrogens is 342 g/mol. The van der Waals surface area contributed by atoms with E-state index in [1.165, 1.54) is 66.9 Å². The van der Waals surface area contributed by atoms with Crippen molar-refractivity contribution < 1.29 is 0 Å². The third-order valence-corrected chi connectivity index (χ3v) is 6.92. The Morgan fingerprint density at radius 3 is 1.18 bits per heavy atom. The van der Waals surface area contributed by atoms with E-state index in [4.69, 9.17) is 0 Å². The van der Waals surface area contributed by atoms with Crippen LogP contribution < -0.4 is 0 Å². The van der Waals surface area contributed by atoms with E-state index < -0.39 is 0 Å². The van der Waals surface area contributed by atoms with E-state index in [1.807, 2.05) is 18.5 Å². The van der Waals surface area contributed by atoms with Crippen molar-refractivity contribution in [1.82, 2.24) is 14.8 Å². The summed E-state index contributed by atoms with van der Waals surface area (Å²) in [6, 6.07) is 0. The maximum Gasteiger partial charge on any atom is 0.148 e. The fourth-order valence-electron chi connectivity index (χ4n) is 4.59. The standard InChI is InChI=1S/C25H33N3/c1-12-13(2)15(4)23(16(5)14(12)3)24-17(6)19(8)25(20(9)18(24)7)28-22(11)26-21(10)27-28/h1-11H3. The Hall–Kier alpha value is -2.42. The molecule has 148 valence electrons. The lowest BCUT2D eigenvalue weighted by Crippen LogP contribution is -2.10. The van der Waals surface area contributed by atoms with Gasteiger partial charge in [0.05, 0.1) is 5.69 Å². The maximum absolute atomic E-state index is 4.67. The highest BCUT2D eigenvalue weighted by Crippen LogP contribution is 2.41. The molecule has 0 atom stereocenters. The summed E-state index contributed by atoms with van der Waals surface area (Å²) in [6.45, 7) is 24.2. The van der Waals surface area contributed by atoms with Crippen LogP contribution in [-0.2, 0) is 0 Å². The Morgan fingerprint density at radius 2 is 0.821 bits per heavy atom. The second-order valence-electron chi connectivity index (χ2n) is 8.34. The Labute approximate surface area is 169 Å². The molecule has 0 aliphatic heterocycles. The zero-order chi connectivity index (χ0) is 21.1. The molecule has 0 bridgehead atoms. The molecule has 3 rings (SSSR count). The van der Waals surface area contributed by atoms with E-state index in [9.17, 15) is 0 Å². The summed E-state index contributed by atoms with van der Waals surface area (Å²) >= 11 is 0. The summed E-state index contributed by atoms with van der Waals surface area (Å²) in [5.41, 5.74) is 16.2. The topological polar surface area (TPSA) is 30.7 Å². The smallest absolute Gasteiger partial charge is 0.148 e. The molecular formula is C25H33N3. The molecule has 0 saturated heterocycles. The van der Waals surface area contributed by atoms with Gasteiger partial charge in [0.15, 0.2) is 0 Å². The Balaban J connectivity index is 2.44. The Bertz CT molecular complexity index is 1060. The molecule has 0 spiro atoms. The van der Waals surface area contributed by atoms with Crippen molar-refractivity contribution >= 4 is 0 Å². The second kappa shape index (κ2) is 6.88. The van der Waals surface area contributed by atoms with Gasteiger partial charge in [0, 0.05) is 0 Å². The van der Waals surface area contributed by atoms with E-state index in [1.54, 1.807) is 0 Å². The molecule has 3 heteroatoms. The SMILES string of the molecule is Cc1nc(C)n(-c2c(C)c(C)c(-c3c(C)c(C)c(C)c(C)c3C)c(C)c2C)n1. The number of benzene rings is 2. The van der Waals surface area contributed by atoms with Crippen LogP contribution in [0.15, 0.2) is 0 Å². The van der Waals surface area contributed by atoms with Crippen molar-refractivity contribution in [2.45, 2.75) is 76.2 Å². The third-order valence-electron chi connectivity index (χ3n) is 6.92. The number of nitrogens with zero attached hydrogens (tertiary/aromatic N) is 3. The van der Waals surface area contributed by atoms with Crippen molar-refractivity contribution in [3.8, 4) is 16.8 Å². The molecule has 1 aromatic heterocycles. The van der Waals surface area contributed by atoms with Gasteiger partial charge in [-0.25, -0.2) is 9.67 Å². The van der Waals surface area contributed by atoms with Gasteiger partial charge in [-0.05, 0) is 137 Å². The monoisotopic (exact) mass is 375 g/mol. The van der Waals surface area contributed by atoms with Gasteiger partial charge in [0.25, 0.3) is 0 Å². The molecule has 0 amide bonds. The first-order chi connectivity index (χ1) is 13.0. The minimum Gasteiger partial charge on any atom is -0.217 e. The average molecular weight is 376 g/mol. The van der Waals surface area contributed by atoms with Crippen LogP contribution in [0.4, 0.5) is 0 Å². The predicted molar refractivity (Wildman–Crippen MR) is 119 cm³/mol. The van der Waals surface area contributed by atoms with E-state index in [-0.39, 0.29) is 0 Å². The van der Waals surface area contributed by atoms with Gasteiger partial charge in [-0.2, -0.15) is 5.10 Å². The zero-order valence-electron chi connectivity index (χ0n) is 19.3. The van der Waals surface area contributed by atoms with E-state index >= 15 is 0 Å². The van der Waals surface area contributed by atoms with Crippen LogP contribution in [0.1, 0.15) is 61.7 Å². The number of hydrogen-bond acceptors (Lipinski definition) is 2. The summed E-state index contributed by atoms with van der Waals surface area (Å²) in [7, 11) is 0. The number of aromatic nitrogens is 3. The minimum absolute atomic E-state index is 0.812. The maximum atomic E-state index is 4.67. The predicted octanol–water partition coefficient (Wildman–Crippen LogP) is 6.33. The highest BCUT2D eigenvalue weighted by atomic mass is 15.3. The first kappa shape index (κ1) is 20.3. The fourth-order valence-corrected chi connectivity index (χ4v) is 4.59. The Kier molecular flexibility index (Phi) is 4.99. The normalized spacial score (nSPS) is 11.4. The summed E-state index contributed by atoms with van der Waals surface area (Å²) in [4.78, 5) is 4.52. The lowest BCUT2D eigenvalue weighted by molar-refractivity contribution is 0.815. The molecule has 0 aliphatic carbocycles. The molecule has 1 heterocycles. The molecule has 0 aliphatic rings. The lowest BCUT2D eigenvalue weighted by Gasteiger charge is -2.25. The lowest BCUT2D eigenvalue weighted by atomic mass is 9.81. The molecule has 0 unspecified atom stereocenters. The van der Waals surface area contributed by atoms with Crippen molar-refractivity contribution in [1.29, 1.82) is 0 Å². The van der Waals surface area contributed by atoms with Crippen LogP contribution in [0, 0.1) is 76.2 Å². The molecule has 3 nitrogen and oxygen atoms in total. The largest absolute Gasteiger partial charge is 0.217 e. The number of rotatable bonds is 2. The zero-order valence-corrected chi connectivity index (χ0v) is 19.3. The average Bonchev–Trinajstić information content (AvgIpc) is 2.97. The highest BCUT2D eigenvalue weighted by molar-refractivity contribution is 5.82. The molecule has 0 fully saturated rings. The highest BCUT2D eigenvalue weighted by Gasteiger charge is 2.23. The van der Waals surface area contributed by atoms with Crippen LogP contribution in [-0.4, -0.2) is 14.8 Å². The first-order valence-electron chi connectivity index (χ1n) is 10.1. The van der Waals surface area contributed by atoms with E-state index in [0.717, 1.165) is 11.6 Å². The molecule has 0 saturated carbocycles. The van der Waals surface area contributed by atoms with Gasteiger partial charge in [-0.1, -0.05) is 0 Å². The fraction of sp³-hybridized carbons (Fsp3) is 0.440. The summed E-state index contributed by atoms with van der Waals surface area (Å²) in [5.74, 6) is 1.75. The van der Waals surface area contributed by atoms with Crippen LogP contribution in [0.3, 0.4) is 0 Å². The number of aryl methyl sites for hydroxylation is 2. The van der Waals surface area contributed by atoms with Gasteiger partial charge in [0.2, 0.25) is 0 Å². The molecule has 0 radical (unpaired) electrons. The first-order valence-corrected chi connectivity index (χ1v) is 10.1. The molecule has 28 heavy (non-hydrogen) atoms. The summed E-state index contributed by atoms with van der Waals surface area (Å²) in [5, 5.41) is 4.67. The van der Waals surface area contributed by atoms with Crippen LogP contribution >= 0.6 is 0 Å². The van der Waals surface area contributed by atoms with Gasteiger partial charge in [-0.3, -0.25) is 0 Å². The third kappa shape index (κ3) is 2.80. The van der Waals surface area contributed by atoms with Crippen molar-refractivity contribution in [2.75, 3.05) is 0 Å². The van der Waals surface area contributed by atoms with Crippen molar-refractivity contribution in [3.05, 3.63) is 61.7 Å². The number of hydrogen-bond donors (Lipinski definition) is 0. The molecule has 2 aromatic carbocycles. The quantitative estimate of drug-likeness (QED) is 0.524. The molecule has 3 aromatic rings.